The van der Waals surface area contributed by atoms with Crippen LogP contribution in [0.2, 0.25) is 0 Å². The molecule has 0 saturated carbocycles. The van der Waals surface area contributed by atoms with Gasteiger partial charge in [-0.15, -0.1) is 0 Å². The lowest BCUT2D eigenvalue weighted by Crippen LogP contribution is -2.30. The monoisotopic (exact) mass is 291 g/mol. The largest absolute Gasteiger partial charge is 0.271 e. The van der Waals surface area contributed by atoms with E-state index in [9.17, 15) is 4.39 Å². The molecular weight excluding hydrogens is 269 g/mol. The summed E-state index contributed by atoms with van der Waals surface area (Å²) in [6.07, 6.45) is 7.47. The SMILES string of the molecule is CCC(CC)n1ccc(CC(NN)c2cncc(F)c2)n1. The van der Waals surface area contributed by atoms with E-state index >= 15 is 0 Å². The van der Waals surface area contributed by atoms with Crippen molar-refractivity contribution in [1.29, 1.82) is 0 Å². The summed E-state index contributed by atoms with van der Waals surface area (Å²) >= 11 is 0. The molecule has 0 aliphatic heterocycles. The third-order valence-corrected chi connectivity index (χ3v) is 3.72. The molecule has 0 spiro atoms. The molecule has 0 amide bonds. The topological polar surface area (TPSA) is 68.8 Å². The Morgan fingerprint density at radius 1 is 1.33 bits per heavy atom. The number of hydrazine groups is 1. The minimum Gasteiger partial charge on any atom is -0.271 e. The predicted molar refractivity (Wildman–Crippen MR) is 79.8 cm³/mol. The number of hydrogen-bond donors (Lipinski definition) is 2. The van der Waals surface area contributed by atoms with E-state index in [1.54, 1.807) is 6.20 Å². The van der Waals surface area contributed by atoms with Gasteiger partial charge in [-0.3, -0.25) is 20.9 Å². The number of pyridine rings is 1. The highest BCUT2D eigenvalue weighted by molar-refractivity contribution is 5.17. The summed E-state index contributed by atoms with van der Waals surface area (Å²) < 4.78 is 15.2. The molecule has 0 bridgehead atoms. The molecule has 0 aliphatic carbocycles. The van der Waals surface area contributed by atoms with Gasteiger partial charge in [0.15, 0.2) is 0 Å². The lowest BCUT2D eigenvalue weighted by atomic mass is 10.0. The van der Waals surface area contributed by atoms with Crippen molar-refractivity contribution in [2.24, 2.45) is 5.84 Å². The number of nitrogens with two attached hydrogens (primary N) is 1. The van der Waals surface area contributed by atoms with Crippen LogP contribution in [0.25, 0.3) is 0 Å². The molecule has 2 heterocycles. The van der Waals surface area contributed by atoms with Crippen molar-refractivity contribution in [3.05, 3.63) is 47.8 Å². The zero-order chi connectivity index (χ0) is 15.2. The fourth-order valence-electron chi connectivity index (χ4n) is 2.45. The molecule has 3 N–H and O–H groups in total. The van der Waals surface area contributed by atoms with Gasteiger partial charge in [-0.05, 0) is 30.5 Å². The highest BCUT2D eigenvalue weighted by atomic mass is 19.1. The highest BCUT2D eigenvalue weighted by Gasteiger charge is 2.15. The Bertz CT molecular complexity index is 565. The number of nitrogens with one attached hydrogen (secondary N) is 1. The minimum atomic E-state index is -0.365. The third kappa shape index (κ3) is 3.86. The van der Waals surface area contributed by atoms with Crippen LogP contribution in [0, 0.1) is 5.82 Å². The van der Waals surface area contributed by atoms with E-state index in [4.69, 9.17) is 5.84 Å². The second-order valence-corrected chi connectivity index (χ2v) is 5.12. The van der Waals surface area contributed by atoms with Crippen LogP contribution in [0.4, 0.5) is 4.39 Å². The second kappa shape index (κ2) is 7.28. The third-order valence-electron chi connectivity index (χ3n) is 3.72. The van der Waals surface area contributed by atoms with Gasteiger partial charge in [-0.2, -0.15) is 5.10 Å². The molecule has 0 radical (unpaired) electrons. The molecule has 1 unspecified atom stereocenters. The van der Waals surface area contributed by atoms with Gasteiger partial charge >= 0.3 is 0 Å². The number of halogens is 1. The Morgan fingerprint density at radius 2 is 2.10 bits per heavy atom. The van der Waals surface area contributed by atoms with Crippen LogP contribution < -0.4 is 11.3 Å². The average Bonchev–Trinajstić information content (AvgIpc) is 2.94. The Hall–Kier alpha value is -1.79. The molecule has 2 aromatic heterocycles. The highest BCUT2D eigenvalue weighted by Crippen LogP contribution is 2.19. The maximum atomic E-state index is 13.3. The number of rotatable bonds is 7. The Labute approximate surface area is 124 Å². The quantitative estimate of drug-likeness (QED) is 0.607. The molecule has 21 heavy (non-hydrogen) atoms. The molecule has 0 fully saturated rings. The lowest BCUT2D eigenvalue weighted by Gasteiger charge is -2.15. The first-order valence-corrected chi connectivity index (χ1v) is 7.28. The van der Waals surface area contributed by atoms with E-state index in [-0.39, 0.29) is 11.9 Å². The number of hydrogen-bond acceptors (Lipinski definition) is 4. The molecule has 1 atom stereocenters. The second-order valence-electron chi connectivity index (χ2n) is 5.12. The standard InChI is InChI=1S/C15H22FN5/c1-3-14(4-2)21-6-5-13(20-21)8-15(19-17)11-7-12(16)10-18-9-11/h5-7,9-10,14-15,19H,3-4,8,17H2,1-2H3. The van der Waals surface area contributed by atoms with Crippen molar-refractivity contribution in [1.82, 2.24) is 20.2 Å². The van der Waals surface area contributed by atoms with Crippen LogP contribution in [0.3, 0.4) is 0 Å². The van der Waals surface area contributed by atoms with Crippen LogP contribution >= 0.6 is 0 Å². The van der Waals surface area contributed by atoms with Crippen molar-refractivity contribution in [2.45, 2.75) is 45.2 Å². The van der Waals surface area contributed by atoms with Crippen LogP contribution in [0.1, 0.15) is 50.0 Å². The molecular formula is C15H22FN5. The molecule has 0 aromatic carbocycles. The van der Waals surface area contributed by atoms with E-state index in [1.807, 2.05) is 16.9 Å². The van der Waals surface area contributed by atoms with E-state index < -0.39 is 0 Å². The van der Waals surface area contributed by atoms with Crippen LogP contribution in [-0.4, -0.2) is 14.8 Å². The molecule has 0 aliphatic rings. The molecule has 2 rings (SSSR count). The first kappa shape index (κ1) is 15.6. The summed E-state index contributed by atoms with van der Waals surface area (Å²) in [5, 5.41) is 4.59. The van der Waals surface area contributed by atoms with Gasteiger partial charge in [-0.25, -0.2) is 4.39 Å². The summed E-state index contributed by atoms with van der Waals surface area (Å²) in [5.74, 6) is 5.22. The maximum absolute atomic E-state index is 13.3. The summed E-state index contributed by atoms with van der Waals surface area (Å²) in [5.41, 5.74) is 4.35. The lowest BCUT2D eigenvalue weighted by molar-refractivity contribution is 0.422. The average molecular weight is 291 g/mol. The number of aromatic nitrogens is 3. The summed E-state index contributed by atoms with van der Waals surface area (Å²) in [4.78, 5) is 3.86. The summed E-state index contributed by atoms with van der Waals surface area (Å²) in [7, 11) is 0. The fraction of sp³-hybridized carbons (Fsp3) is 0.467. The molecule has 114 valence electrons. The summed E-state index contributed by atoms with van der Waals surface area (Å²) in [6, 6.07) is 3.63. The maximum Gasteiger partial charge on any atom is 0.141 e. The normalized spacial score (nSPS) is 12.8. The fourth-order valence-corrected chi connectivity index (χ4v) is 2.45. The zero-order valence-electron chi connectivity index (χ0n) is 12.5. The zero-order valence-corrected chi connectivity index (χ0v) is 12.5. The van der Waals surface area contributed by atoms with Crippen molar-refractivity contribution >= 4 is 0 Å². The molecule has 2 aromatic rings. The van der Waals surface area contributed by atoms with Crippen molar-refractivity contribution < 1.29 is 4.39 Å². The van der Waals surface area contributed by atoms with E-state index in [2.05, 4.69) is 29.4 Å². The van der Waals surface area contributed by atoms with Crippen LogP contribution in [-0.2, 0) is 6.42 Å². The van der Waals surface area contributed by atoms with Gasteiger partial charge in [0.05, 0.1) is 24.0 Å². The number of nitrogens with zero attached hydrogens (tertiary/aromatic N) is 3. The summed E-state index contributed by atoms with van der Waals surface area (Å²) in [6.45, 7) is 4.30. The minimum absolute atomic E-state index is 0.210. The van der Waals surface area contributed by atoms with Crippen LogP contribution in [0.5, 0.6) is 0 Å². The molecule has 5 nitrogen and oxygen atoms in total. The van der Waals surface area contributed by atoms with Crippen molar-refractivity contribution in [3.63, 3.8) is 0 Å². The molecule has 6 heteroatoms. The van der Waals surface area contributed by atoms with Crippen molar-refractivity contribution in [2.75, 3.05) is 0 Å². The van der Waals surface area contributed by atoms with Crippen molar-refractivity contribution in [3.8, 4) is 0 Å². The van der Waals surface area contributed by atoms with E-state index in [0.717, 1.165) is 24.1 Å². The van der Waals surface area contributed by atoms with Crippen LogP contribution in [0.15, 0.2) is 30.7 Å². The van der Waals surface area contributed by atoms with Gasteiger partial charge in [0.25, 0.3) is 0 Å². The van der Waals surface area contributed by atoms with Gasteiger partial charge in [-0.1, -0.05) is 13.8 Å². The Morgan fingerprint density at radius 3 is 2.71 bits per heavy atom. The predicted octanol–water partition coefficient (Wildman–Crippen LogP) is 2.53. The molecule has 0 saturated heterocycles. The smallest absolute Gasteiger partial charge is 0.141 e. The van der Waals surface area contributed by atoms with Gasteiger partial charge < -0.3 is 0 Å². The van der Waals surface area contributed by atoms with Gasteiger partial charge in [0, 0.05) is 18.8 Å². The van der Waals surface area contributed by atoms with E-state index in [1.165, 1.54) is 12.3 Å². The first-order valence-electron chi connectivity index (χ1n) is 7.28. The Balaban J connectivity index is 2.12. The Kier molecular flexibility index (Phi) is 5.41. The van der Waals surface area contributed by atoms with Gasteiger partial charge in [0.2, 0.25) is 0 Å². The van der Waals surface area contributed by atoms with E-state index in [0.29, 0.717) is 12.5 Å². The van der Waals surface area contributed by atoms with Gasteiger partial charge in [0.1, 0.15) is 5.82 Å². The first-order chi connectivity index (χ1) is 10.2.